The largest absolute Gasteiger partial charge is 0.472 e. The first kappa shape index (κ1) is 54.5. The summed E-state index contributed by atoms with van der Waals surface area (Å²) < 4.78 is 33.4. The lowest BCUT2D eigenvalue weighted by molar-refractivity contribution is -0.154. The summed E-state index contributed by atoms with van der Waals surface area (Å²) in [6, 6.07) is 0. The molecule has 0 aromatic rings. The summed E-state index contributed by atoms with van der Waals surface area (Å²) in [4.78, 5) is 22.4. The van der Waals surface area contributed by atoms with Crippen LogP contribution in [0.15, 0.2) is 0 Å². The van der Waals surface area contributed by atoms with Gasteiger partial charge in [0, 0.05) is 19.6 Å². The van der Waals surface area contributed by atoms with E-state index in [9.17, 15) is 14.3 Å². The number of phosphoric ester groups is 1. The zero-order valence-electron chi connectivity index (χ0n) is 36.7. The first-order valence-corrected chi connectivity index (χ1v) is 25.5. The topological polar surface area (TPSA) is 117 Å². The van der Waals surface area contributed by atoms with Crippen molar-refractivity contribution in [3.8, 4) is 0 Å². The van der Waals surface area contributed by atoms with E-state index in [1.54, 1.807) is 0 Å². The molecule has 0 aromatic carbocycles. The number of hydrogen-bond donors (Lipinski definition) is 2. The smallest absolute Gasteiger partial charge is 0.457 e. The zero-order chi connectivity index (χ0) is 40.2. The standard InChI is InChI=1S/C46H94NO7P/c1-3-5-7-9-11-13-15-16-17-18-19-20-21-22-23-24-25-26-27-28-29-30-32-34-36-38-41-51-43-45(44-53-55(49,50)52-42-40-47)54-46(48)39-37-35-33-31-14-12-10-8-6-4-2/h45H,3-44,47H2,1-2H3,(H,49,50). The number of rotatable bonds is 47. The van der Waals surface area contributed by atoms with Crippen molar-refractivity contribution in [2.24, 2.45) is 5.73 Å². The van der Waals surface area contributed by atoms with Gasteiger partial charge >= 0.3 is 13.8 Å². The highest BCUT2D eigenvalue weighted by Crippen LogP contribution is 2.43. The Morgan fingerprint density at radius 1 is 0.473 bits per heavy atom. The highest BCUT2D eigenvalue weighted by Gasteiger charge is 2.25. The Morgan fingerprint density at radius 3 is 1.15 bits per heavy atom. The SMILES string of the molecule is CCCCCCCCCCCCCCCCCCCCCCCCCCCCOCC(COP(=O)(O)OCCN)OC(=O)CCCCCCCCCCCC. The molecule has 9 heteroatoms. The number of carbonyl (C=O) groups is 1. The second kappa shape index (κ2) is 44.6. The van der Waals surface area contributed by atoms with Crippen molar-refractivity contribution < 1.29 is 32.8 Å². The molecule has 0 aliphatic rings. The molecule has 0 bridgehead atoms. The fraction of sp³-hybridized carbons (Fsp3) is 0.978. The van der Waals surface area contributed by atoms with Gasteiger partial charge in [0.2, 0.25) is 0 Å². The zero-order valence-corrected chi connectivity index (χ0v) is 37.6. The maximum Gasteiger partial charge on any atom is 0.472 e. The molecule has 0 rings (SSSR count). The predicted molar refractivity (Wildman–Crippen MR) is 234 cm³/mol. The van der Waals surface area contributed by atoms with Crippen LogP contribution in [0.25, 0.3) is 0 Å². The Morgan fingerprint density at radius 2 is 0.800 bits per heavy atom. The first-order valence-electron chi connectivity index (χ1n) is 24.0. The average molecular weight is 804 g/mol. The van der Waals surface area contributed by atoms with Gasteiger partial charge in [-0.1, -0.05) is 232 Å². The number of hydrogen-bond acceptors (Lipinski definition) is 7. The van der Waals surface area contributed by atoms with Crippen molar-refractivity contribution in [3.05, 3.63) is 0 Å². The molecule has 3 N–H and O–H groups in total. The summed E-state index contributed by atoms with van der Waals surface area (Å²) in [5.74, 6) is -0.326. The van der Waals surface area contributed by atoms with Crippen molar-refractivity contribution in [1.29, 1.82) is 0 Å². The third-order valence-electron chi connectivity index (χ3n) is 10.8. The molecule has 0 fully saturated rings. The number of carbonyl (C=O) groups excluding carboxylic acids is 1. The van der Waals surface area contributed by atoms with Gasteiger partial charge in [-0.15, -0.1) is 0 Å². The van der Waals surface area contributed by atoms with Crippen LogP contribution >= 0.6 is 7.82 Å². The van der Waals surface area contributed by atoms with E-state index in [0.717, 1.165) is 32.1 Å². The molecule has 2 unspecified atom stereocenters. The Bertz CT molecular complexity index is 817. The van der Waals surface area contributed by atoms with Gasteiger partial charge in [-0.05, 0) is 12.8 Å². The van der Waals surface area contributed by atoms with Crippen molar-refractivity contribution in [2.75, 3.05) is 33.0 Å². The quantitative estimate of drug-likeness (QED) is 0.0355. The van der Waals surface area contributed by atoms with Crippen molar-refractivity contribution in [2.45, 2.75) is 258 Å². The van der Waals surface area contributed by atoms with Crippen molar-refractivity contribution in [1.82, 2.24) is 0 Å². The van der Waals surface area contributed by atoms with Crippen molar-refractivity contribution >= 4 is 13.8 Å². The van der Waals surface area contributed by atoms with E-state index >= 15 is 0 Å². The molecule has 8 nitrogen and oxygen atoms in total. The summed E-state index contributed by atoms with van der Waals surface area (Å²) in [5.41, 5.74) is 5.37. The van der Waals surface area contributed by atoms with Gasteiger partial charge in [0.05, 0.1) is 19.8 Å². The van der Waals surface area contributed by atoms with E-state index in [4.69, 9.17) is 24.3 Å². The van der Waals surface area contributed by atoms with E-state index in [1.165, 1.54) is 199 Å². The predicted octanol–water partition coefficient (Wildman–Crippen LogP) is 14.5. The molecule has 330 valence electrons. The van der Waals surface area contributed by atoms with Crippen LogP contribution in [0.2, 0.25) is 0 Å². The van der Waals surface area contributed by atoms with Gasteiger partial charge in [0.25, 0.3) is 0 Å². The van der Waals surface area contributed by atoms with Gasteiger partial charge in [0.1, 0.15) is 6.10 Å². The second-order valence-corrected chi connectivity index (χ2v) is 17.8. The normalized spacial score (nSPS) is 13.3. The first-order chi connectivity index (χ1) is 26.9. The van der Waals surface area contributed by atoms with E-state index < -0.39 is 13.9 Å². The number of unbranched alkanes of at least 4 members (excludes halogenated alkanes) is 34. The van der Waals surface area contributed by atoms with E-state index in [2.05, 4.69) is 13.8 Å². The Kier molecular flexibility index (Phi) is 44.2. The Balaban J connectivity index is 3.76. The van der Waals surface area contributed by atoms with Crippen LogP contribution in [0.4, 0.5) is 0 Å². The van der Waals surface area contributed by atoms with Crippen LogP contribution < -0.4 is 5.73 Å². The van der Waals surface area contributed by atoms with Crippen LogP contribution in [0.3, 0.4) is 0 Å². The Labute approximate surface area is 341 Å². The van der Waals surface area contributed by atoms with Crippen LogP contribution in [-0.2, 0) is 27.9 Å². The van der Waals surface area contributed by atoms with Gasteiger partial charge in [-0.3, -0.25) is 13.8 Å². The molecule has 0 amide bonds. The summed E-state index contributed by atoms with van der Waals surface area (Å²) in [5, 5.41) is 0. The van der Waals surface area contributed by atoms with E-state index in [0.29, 0.717) is 13.0 Å². The lowest BCUT2D eigenvalue weighted by Gasteiger charge is -2.20. The van der Waals surface area contributed by atoms with Crippen LogP contribution in [0, 0.1) is 0 Å². The van der Waals surface area contributed by atoms with E-state index in [1.807, 2.05) is 0 Å². The number of esters is 1. The van der Waals surface area contributed by atoms with Gasteiger partial charge in [0.15, 0.2) is 0 Å². The molecule has 2 atom stereocenters. The lowest BCUT2D eigenvalue weighted by atomic mass is 10.0. The average Bonchev–Trinajstić information content (AvgIpc) is 3.17. The summed E-state index contributed by atoms with van der Waals surface area (Å²) in [6.45, 7) is 4.97. The third kappa shape index (κ3) is 44.4. The molecule has 0 spiro atoms. The van der Waals surface area contributed by atoms with Gasteiger partial charge in [-0.25, -0.2) is 4.57 Å². The number of phosphoric acid groups is 1. The molecule has 55 heavy (non-hydrogen) atoms. The molecule has 0 aromatic heterocycles. The molecule has 0 heterocycles. The molecule has 0 aliphatic carbocycles. The molecule has 0 radical (unpaired) electrons. The second-order valence-electron chi connectivity index (χ2n) is 16.3. The van der Waals surface area contributed by atoms with Gasteiger partial charge in [-0.2, -0.15) is 0 Å². The molecular weight excluding hydrogens is 709 g/mol. The fourth-order valence-corrected chi connectivity index (χ4v) is 8.00. The Hall–Kier alpha value is -0.500. The molecule has 0 saturated heterocycles. The third-order valence-corrected chi connectivity index (χ3v) is 11.8. The van der Waals surface area contributed by atoms with Crippen molar-refractivity contribution in [3.63, 3.8) is 0 Å². The molecular formula is C46H94NO7P. The number of nitrogens with two attached hydrogens (primary N) is 1. The summed E-state index contributed by atoms with van der Waals surface area (Å²) in [7, 11) is -4.27. The highest BCUT2D eigenvalue weighted by atomic mass is 31.2. The maximum atomic E-state index is 12.5. The van der Waals surface area contributed by atoms with E-state index in [-0.39, 0.29) is 32.3 Å². The van der Waals surface area contributed by atoms with Gasteiger partial charge < -0.3 is 20.1 Å². The summed E-state index contributed by atoms with van der Waals surface area (Å²) >= 11 is 0. The molecule has 0 aliphatic heterocycles. The number of ether oxygens (including phenoxy) is 2. The monoisotopic (exact) mass is 804 g/mol. The lowest BCUT2D eigenvalue weighted by Crippen LogP contribution is -2.28. The maximum absolute atomic E-state index is 12.5. The minimum Gasteiger partial charge on any atom is -0.457 e. The highest BCUT2D eigenvalue weighted by molar-refractivity contribution is 7.47. The van der Waals surface area contributed by atoms with Crippen LogP contribution in [0.5, 0.6) is 0 Å². The van der Waals surface area contributed by atoms with Crippen LogP contribution in [-0.4, -0.2) is 49.9 Å². The van der Waals surface area contributed by atoms with Crippen LogP contribution in [0.1, 0.15) is 251 Å². The fourth-order valence-electron chi connectivity index (χ4n) is 7.24. The summed E-state index contributed by atoms with van der Waals surface area (Å²) in [6.07, 6.45) is 47.2. The molecule has 0 saturated carbocycles. The minimum atomic E-state index is -4.27. The minimum absolute atomic E-state index is 0.0902.